The number of ether oxygens (including phenoxy) is 2. The third-order valence-electron chi connectivity index (χ3n) is 2.86. The summed E-state index contributed by atoms with van der Waals surface area (Å²) in [5, 5.41) is 2.73. The largest absolute Gasteiger partial charge is 0.466 e. The molecule has 1 amide bonds. The predicted octanol–water partition coefficient (Wildman–Crippen LogP) is 1.44. The van der Waals surface area contributed by atoms with E-state index in [9.17, 15) is 9.59 Å². The molecule has 5 heteroatoms. The highest BCUT2D eigenvalue weighted by Crippen LogP contribution is 2.15. The molecule has 1 aliphatic heterocycles. The van der Waals surface area contributed by atoms with E-state index in [2.05, 4.69) is 10.1 Å². The van der Waals surface area contributed by atoms with Crippen LogP contribution < -0.4 is 5.32 Å². The van der Waals surface area contributed by atoms with Crippen molar-refractivity contribution < 1.29 is 19.1 Å². The van der Waals surface area contributed by atoms with Gasteiger partial charge >= 0.3 is 12.1 Å². The van der Waals surface area contributed by atoms with Gasteiger partial charge in [0.15, 0.2) is 0 Å². The minimum Gasteiger partial charge on any atom is -0.466 e. The minimum absolute atomic E-state index is 0.184. The normalized spacial score (nSPS) is 22.1. The number of rotatable bonds is 4. The van der Waals surface area contributed by atoms with Crippen molar-refractivity contribution in [1.82, 2.24) is 5.32 Å². The number of cyclic esters (lactones) is 1. The second-order valence-corrected chi connectivity index (χ2v) is 4.19. The van der Waals surface area contributed by atoms with Gasteiger partial charge in [0.05, 0.1) is 13.2 Å². The van der Waals surface area contributed by atoms with Gasteiger partial charge in [0.1, 0.15) is 6.10 Å². The van der Waals surface area contributed by atoms with Crippen LogP contribution in [0.1, 0.15) is 5.56 Å². The molecule has 1 heterocycles. The third-order valence-corrected chi connectivity index (χ3v) is 2.86. The van der Waals surface area contributed by atoms with Gasteiger partial charge in [-0.25, -0.2) is 9.59 Å². The van der Waals surface area contributed by atoms with E-state index in [0.717, 1.165) is 5.56 Å². The topological polar surface area (TPSA) is 64.6 Å². The molecule has 2 atom stereocenters. The summed E-state index contributed by atoms with van der Waals surface area (Å²) in [5.74, 6) is -0.471. The van der Waals surface area contributed by atoms with Gasteiger partial charge in [-0.05, 0) is 18.1 Å². The Morgan fingerprint density at radius 2 is 2.16 bits per heavy atom. The van der Waals surface area contributed by atoms with Crippen molar-refractivity contribution in [3.63, 3.8) is 0 Å². The van der Waals surface area contributed by atoms with Crippen molar-refractivity contribution in [2.75, 3.05) is 7.11 Å². The Kier molecular flexibility index (Phi) is 4.18. The van der Waals surface area contributed by atoms with Gasteiger partial charge in [-0.15, -0.1) is 0 Å². The maximum Gasteiger partial charge on any atom is 0.408 e. The monoisotopic (exact) mass is 261 g/mol. The van der Waals surface area contributed by atoms with Crippen LogP contribution in [0, 0.1) is 0 Å². The fraction of sp³-hybridized carbons (Fsp3) is 0.286. The average Bonchev–Trinajstić information content (AvgIpc) is 2.77. The molecule has 0 saturated carbocycles. The first kappa shape index (κ1) is 13.1. The number of benzene rings is 1. The van der Waals surface area contributed by atoms with Gasteiger partial charge in [0.25, 0.3) is 0 Å². The molecule has 1 saturated heterocycles. The van der Waals surface area contributed by atoms with Crippen LogP contribution in [0.3, 0.4) is 0 Å². The van der Waals surface area contributed by atoms with E-state index in [1.54, 1.807) is 0 Å². The lowest BCUT2D eigenvalue weighted by molar-refractivity contribution is -0.134. The predicted molar refractivity (Wildman–Crippen MR) is 68.5 cm³/mol. The zero-order valence-electron chi connectivity index (χ0n) is 10.5. The summed E-state index contributed by atoms with van der Waals surface area (Å²) in [6.07, 6.45) is 2.51. The average molecular weight is 261 g/mol. The second-order valence-electron chi connectivity index (χ2n) is 4.19. The van der Waals surface area contributed by atoms with Gasteiger partial charge in [-0.3, -0.25) is 0 Å². The Balaban J connectivity index is 2.03. The summed E-state index contributed by atoms with van der Waals surface area (Å²) in [6, 6.07) is 9.58. The number of methoxy groups -OCH3 is 1. The van der Waals surface area contributed by atoms with Crippen molar-refractivity contribution in [1.29, 1.82) is 0 Å². The van der Waals surface area contributed by atoms with Crippen molar-refractivity contribution in [2.45, 2.75) is 18.6 Å². The number of amides is 1. The van der Waals surface area contributed by atoms with Crippen LogP contribution in [0.15, 0.2) is 42.5 Å². The molecule has 0 radical (unpaired) electrons. The van der Waals surface area contributed by atoms with E-state index in [4.69, 9.17) is 4.74 Å². The van der Waals surface area contributed by atoms with Crippen LogP contribution in [0.2, 0.25) is 0 Å². The van der Waals surface area contributed by atoms with Crippen LogP contribution in [-0.4, -0.2) is 31.3 Å². The van der Waals surface area contributed by atoms with Gasteiger partial charge in [-0.2, -0.15) is 0 Å². The summed E-state index contributed by atoms with van der Waals surface area (Å²) in [6.45, 7) is 0. The molecule has 1 aliphatic rings. The molecule has 1 fully saturated rings. The van der Waals surface area contributed by atoms with E-state index >= 15 is 0 Å². The second kappa shape index (κ2) is 6.04. The maximum atomic E-state index is 11.3. The van der Waals surface area contributed by atoms with Crippen molar-refractivity contribution >= 4 is 12.1 Å². The molecule has 0 aliphatic carbocycles. The first-order valence-electron chi connectivity index (χ1n) is 5.96. The fourth-order valence-corrected chi connectivity index (χ4v) is 1.92. The number of carbonyl (C=O) groups is 2. The molecule has 5 nitrogen and oxygen atoms in total. The molecule has 1 N–H and O–H groups in total. The van der Waals surface area contributed by atoms with Crippen LogP contribution in [0.5, 0.6) is 0 Å². The zero-order chi connectivity index (χ0) is 13.7. The molecule has 2 rings (SSSR count). The van der Waals surface area contributed by atoms with Gasteiger partial charge in [-0.1, -0.05) is 30.3 Å². The highest BCUT2D eigenvalue weighted by molar-refractivity contribution is 5.82. The molecule has 1 aromatic carbocycles. The van der Waals surface area contributed by atoms with Crippen molar-refractivity contribution in [3.05, 3.63) is 48.0 Å². The van der Waals surface area contributed by atoms with E-state index in [0.29, 0.717) is 6.42 Å². The van der Waals surface area contributed by atoms with Crippen LogP contribution in [-0.2, 0) is 20.7 Å². The smallest absolute Gasteiger partial charge is 0.408 e. The molecule has 0 unspecified atom stereocenters. The molecule has 100 valence electrons. The zero-order valence-corrected chi connectivity index (χ0v) is 10.5. The van der Waals surface area contributed by atoms with E-state index in [1.165, 1.54) is 19.3 Å². The Morgan fingerprint density at radius 3 is 2.84 bits per heavy atom. The van der Waals surface area contributed by atoms with E-state index in [-0.39, 0.29) is 6.04 Å². The molecule has 0 bridgehead atoms. The fourth-order valence-electron chi connectivity index (χ4n) is 1.92. The quantitative estimate of drug-likeness (QED) is 0.658. The molecule has 0 spiro atoms. The number of carbonyl (C=O) groups excluding carboxylic acids is 2. The highest BCUT2D eigenvalue weighted by Gasteiger charge is 2.32. The first-order chi connectivity index (χ1) is 9.19. The van der Waals surface area contributed by atoms with Crippen LogP contribution in [0.25, 0.3) is 0 Å². The van der Waals surface area contributed by atoms with Gasteiger partial charge < -0.3 is 14.8 Å². The van der Waals surface area contributed by atoms with E-state index in [1.807, 2.05) is 30.3 Å². The highest BCUT2D eigenvalue weighted by atomic mass is 16.6. The number of esters is 1. The maximum absolute atomic E-state index is 11.3. The lowest BCUT2D eigenvalue weighted by atomic mass is 10.0. The first-order valence-corrected chi connectivity index (χ1v) is 5.96. The molecule has 0 aromatic heterocycles. The summed E-state index contributed by atoms with van der Waals surface area (Å²) in [4.78, 5) is 22.3. The number of alkyl carbamates (subject to hydrolysis) is 1. The minimum atomic E-state index is -0.472. The summed E-state index contributed by atoms with van der Waals surface area (Å²) in [7, 11) is 1.30. The molecule has 1 aromatic rings. The van der Waals surface area contributed by atoms with Crippen molar-refractivity contribution in [2.24, 2.45) is 0 Å². The van der Waals surface area contributed by atoms with E-state index < -0.39 is 18.2 Å². The standard InChI is InChI=1S/C14H15NO4/c1-18-13(16)8-7-12-11(15-14(17)19-12)9-10-5-3-2-4-6-10/h2-8,11-12H,9H2,1H3,(H,15,17)/b8-7+/t11-,12+/m0/s1. The number of nitrogens with one attached hydrogen (secondary N) is 1. The molecular formula is C14H15NO4. The lowest BCUT2D eigenvalue weighted by Crippen LogP contribution is -2.32. The third kappa shape index (κ3) is 3.58. The Morgan fingerprint density at radius 1 is 1.42 bits per heavy atom. The summed E-state index contributed by atoms with van der Waals surface area (Å²) in [5.41, 5.74) is 1.09. The Hall–Kier alpha value is -2.30. The SMILES string of the molecule is COC(=O)/C=C/[C@H]1OC(=O)N[C@H]1Cc1ccccc1. The summed E-state index contributed by atoms with van der Waals surface area (Å²) < 4.78 is 9.60. The molecular weight excluding hydrogens is 246 g/mol. The van der Waals surface area contributed by atoms with Gasteiger partial charge in [0.2, 0.25) is 0 Å². The van der Waals surface area contributed by atoms with Crippen LogP contribution in [0.4, 0.5) is 4.79 Å². The lowest BCUT2D eigenvalue weighted by Gasteiger charge is -2.13. The summed E-state index contributed by atoms with van der Waals surface area (Å²) >= 11 is 0. The number of hydrogen-bond donors (Lipinski definition) is 1. The van der Waals surface area contributed by atoms with Crippen LogP contribution >= 0.6 is 0 Å². The number of hydrogen-bond acceptors (Lipinski definition) is 4. The van der Waals surface area contributed by atoms with Gasteiger partial charge in [0, 0.05) is 6.08 Å². The Bertz CT molecular complexity index is 483. The Labute approximate surface area is 111 Å². The molecule has 19 heavy (non-hydrogen) atoms. The van der Waals surface area contributed by atoms with Crippen molar-refractivity contribution in [3.8, 4) is 0 Å².